The van der Waals surface area contributed by atoms with Gasteiger partial charge in [-0.25, -0.2) is 9.59 Å². The van der Waals surface area contributed by atoms with Crippen molar-refractivity contribution in [3.8, 4) is 22.3 Å². The fourth-order valence-electron chi connectivity index (χ4n) is 7.74. The molecule has 4 nitrogen and oxygen atoms in total. The first kappa shape index (κ1) is 28.2. The quantitative estimate of drug-likeness (QED) is 0.137. The van der Waals surface area contributed by atoms with Crippen LogP contribution in [-0.2, 0) is 9.47 Å². The minimum atomic E-state index is -0.437. The molecule has 0 radical (unpaired) electrons. The molecule has 0 fully saturated rings. The highest BCUT2D eigenvalue weighted by atomic mass is 16.5. The molecule has 0 atom stereocenters. The van der Waals surface area contributed by atoms with Crippen LogP contribution in [-0.4, -0.2) is 25.2 Å². The second kappa shape index (κ2) is 10.8. The van der Waals surface area contributed by atoms with Crippen LogP contribution in [0.4, 0.5) is 0 Å². The summed E-state index contributed by atoms with van der Waals surface area (Å²) >= 11 is 0. The molecule has 0 spiro atoms. The van der Waals surface area contributed by atoms with Crippen LogP contribution in [0.2, 0.25) is 0 Å². The molecule has 0 unspecified atom stereocenters. The second-order valence-electron chi connectivity index (χ2n) is 12.3. The van der Waals surface area contributed by atoms with E-state index in [9.17, 15) is 9.59 Å². The van der Waals surface area contributed by atoms with Crippen molar-refractivity contribution in [1.29, 1.82) is 0 Å². The van der Waals surface area contributed by atoms with Gasteiger partial charge in [0.2, 0.25) is 0 Å². The van der Waals surface area contributed by atoms with Crippen LogP contribution in [0.15, 0.2) is 121 Å². The van der Waals surface area contributed by atoms with Gasteiger partial charge in [0.15, 0.2) is 0 Å². The number of ether oxygens (including phenoxy) is 2. The number of benzene rings is 9. The average molecular weight is 623 g/mol. The molecule has 0 aliphatic rings. The number of carbonyl (C=O) groups excluding carboxylic acids is 2. The summed E-state index contributed by atoms with van der Waals surface area (Å²) in [6.45, 7) is 4.07. The lowest BCUT2D eigenvalue weighted by Gasteiger charge is -2.20. The third-order valence-corrected chi connectivity index (χ3v) is 9.79. The summed E-state index contributed by atoms with van der Waals surface area (Å²) in [5.74, 6) is -0.875. The van der Waals surface area contributed by atoms with Crippen molar-refractivity contribution < 1.29 is 19.1 Å². The zero-order valence-corrected chi connectivity index (χ0v) is 26.6. The van der Waals surface area contributed by atoms with E-state index in [2.05, 4.69) is 97.1 Å². The van der Waals surface area contributed by atoms with E-state index in [1.165, 1.54) is 10.8 Å². The Morgan fingerprint density at radius 3 is 1.12 bits per heavy atom. The molecule has 0 heterocycles. The number of carbonyl (C=O) groups is 2. The van der Waals surface area contributed by atoms with Crippen LogP contribution in [0.5, 0.6) is 0 Å². The molecule has 0 aliphatic heterocycles. The molecular formula is C44H30O4. The lowest BCUT2D eigenvalue weighted by atomic mass is 9.84. The summed E-state index contributed by atoms with van der Waals surface area (Å²) in [5.41, 5.74) is 3.79. The molecule has 230 valence electrons. The number of hydrogen-bond donors (Lipinski definition) is 0. The molecule has 0 saturated heterocycles. The number of rotatable bonds is 6. The maximum Gasteiger partial charge on any atom is 0.338 e. The standard InChI is InChI=1S/C44H30O4/c1-3-47-43(45)37-23-36(32-20-16-30-14-12-26-8-6-10-28-18-22-34(32)42(30)40(26)28)38(44(46)48-4-2)24-35(37)31-19-15-29-13-11-25-7-5-9-27-17-21-33(31)41(29)39(25)27/h5-24H,3-4H2,1-2H3. The fraction of sp³-hybridized carbons (Fsp3) is 0.0909. The van der Waals surface area contributed by atoms with E-state index in [1.807, 2.05) is 38.1 Å². The van der Waals surface area contributed by atoms with Gasteiger partial charge < -0.3 is 9.47 Å². The normalized spacial score (nSPS) is 11.9. The number of esters is 2. The van der Waals surface area contributed by atoms with Crippen LogP contribution >= 0.6 is 0 Å². The maximum atomic E-state index is 13.9. The third-order valence-electron chi connectivity index (χ3n) is 9.79. The first-order valence-corrected chi connectivity index (χ1v) is 16.4. The molecular weight excluding hydrogens is 592 g/mol. The van der Waals surface area contributed by atoms with Crippen molar-refractivity contribution in [3.05, 3.63) is 132 Å². The van der Waals surface area contributed by atoms with E-state index in [-0.39, 0.29) is 13.2 Å². The van der Waals surface area contributed by atoms with E-state index >= 15 is 0 Å². The molecule has 0 amide bonds. The molecule has 9 rings (SSSR count). The Bertz CT molecular complexity index is 2520. The summed E-state index contributed by atoms with van der Waals surface area (Å²) in [6, 6.07) is 41.7. The number of hydrogen-bond acceptors (Lipinski definition) is 4. The highest BCUT2D eigenvalue weighted by Crippen LogP contribution is 2.44. The van der Waals surface area contributed by atoms with E-state index in [1.54, 1.807) is 0 Å². The predicted molar refractivity (Wildman–Crippen MR) is 197 cm³/mol. The van der Waals surface area contributed by atoms with Crippen LogP contribution < -0.4 is 0 Å². The molecule has 0 saturated carbocycles. The molecule has 0 N–H and O–H groups in total. The van der Waals surface area contributed by atoms with Gasteiger partial charge in [-0.1, -0.05) is 109 Å². The first-order valence-electron chi connectivity index (χ1n) is 16.4. The van der Waals surface area contributed by atoms with E-state index < -0.39 is 11.9 Å². The Morgan fingerprint density at radius 2 is 0.750 bits per heavy atom. The van der Waals surface area contributed by atoms with Crippen LogP contribution in [0, 0.1) is 0 Å². The lowest BCUT2D eigenvalue weighted by molar-refractivity contribution is 0.0513. The fourth-order valence-corrected chi connectivity index (χ4v) is 7.74. The zero-order valence-electron chi connectivity index (χ0n) is 26.6. The van der Waals surface area contributed by atoms with E-state index in [0.29, 0.717) is 22.3 Å². The monoisotopic (exact) mass is 622 g/mol. The summed E-state index contributed by atoms with van der Waals surface area (Å²) in [7, 11) is 0. The smallest absolute Gasteiger partial charge is 0.338 e. The molecule has 4 heteroatoms. The van der Waals surface area contributed by atoms with Crippen molar-refractivity contribution in [2.45, 2.75) is 13.8 Å². The SMILES string of the molecule is CCOC(=O)c1cc(-c2ccc3ccc4cccc5ccc2c3c45)c(C(=O)OCC)cc1-c1ccc2ccc3cccc4ccc1c2c34. The molecule has 0 bridgehead atoms. The van der Waals surface area contributed by atoms with Gasteiger partial charge in [-0.15, -0.1) is 0 Å². The molecule has 0 aliphatic carbocycles. The van der Waals surface area contributed by atoms with E-state index in [0.717, 1.165) is 65.0 Å². The Labute approximate surface area is 276 Å². The van der Waals surface area contributed by atoms with Crippen molar-refractivity contribution in [2.24, 2.45) is 0 Å². The molecule has 48 heavy (non-hydrogen) atoms. The van der Waals surface area contributed by atoms with Gasteiger partial charge in [0.25, 0.3) is 0 Å². The summed E-state index contributed by atoms with van der Waals surface area (Å²) in [6.07, 6.45) is 0. The van der Waals surface area contributed by atoms with Crippen LogP contribution in [0.3, 0.4) is 0 Å². The minimum absolute atomic E-state index is 0.227. The van der Waals surface area contributed by atoms with Crippen LogP contribution in [0.25, 0.3) is 86.9 Å². The summed E-state index contributed by atoms with van der Waals surface area (Å²) < 4.78 is 11.4. The van der Waals surface area contributed by atoms with Crippen molar-refractivity contribution in [2.75, 3.05) is 13.2 Å². The first-order chi connectivity index (χ1) is 23.6. The van der Waals surface area contributed by atoms with Gasteiger partial charge in [0.1, 0.15) is 0 Å². The third kappa shape index (κ3) is 4.09. The largest absolute Gasteiger partial charge is 0.462 e. The van der Waals surface area contributed by atoms with Crippen LogP contribution in [0.1, 0.15) is 34.6 Å². The van der Waals surface area contributed by atoms with E-state index in [4.69, 9.17) is 9.47 Å². The Kier molecular flexibility index (Phi) is 6.34. The van der Waals surface area contributed by atoms with Gasteiger partial charge in [-0.3, -0.25) is 0 Å². The van der Waals surface area contributed by atoms with Gasteiger partial charge in [-0.05, 0) is 113 Å². The predicted octanol–water partition coefficient (Wildman–Crippen LogP) is 11.2. The minimum Gasteiger partial charge on any atom is -0.462 e. The highest BCUT2D eigenvalue weighted by molar-refractivity contribution is 6.27. The Hall–Kier alpha value is -6.00. The summed E-state index contributed by atoms with van der Waals surface area (Å²) in [5, 5.41) is 13.5. The van der Waals surface area contributed by atoms with Gasteiger partial charge in [0.05, 0.1) is 24.3 Å². The molecule has 0 aromatic heterocycles. The Balaban J connectivity index is 1.37. The van der Waals surface area contributed by atoms with Gasteiger partial charge in [-0.2, -0.15) is 0 Å². The molecule has 9 aromatic carbocycles. The zero-order chi connectivity index (χ0) is 32.5. The van der Waals surface area contributed by atoms with Crippen molar-refractivity contribution in [1.82, 2.24) is 0 Å². The van der Waals surface area contributed by atoms with Crippen molar-refractivity contribution >= 4 is 76.6 Å². The maximum absolute atomic E-state index is 13.9. The lowest BCUT2D eigenvalue weighted by Crippen LogP contribution is -2.12. The summed E-state index contributed by atoms with van der Waals surface area (Å²) in [4.78, 5) is 27.8. The van der Waals surface area contributed by atoms with Gasteiger partial charge >= 0.3 is 11.9 Å². The Morgan fingerprint density at radius 1 is 0.417 bits per heavy atom. The van der Waals surface area contributed by atoms with Gasteiger partial charge in [0, 0.05) is 0 Å². The van der Waals surface area contributed by atoms with Crippen molar-refractivity contribution in [3.63, 3.8) is 0 Å². The average Bonchev–Trinajstić information content (AvgIpc) is 3.12. The highest BCUT2D eigenvalue weighted by Gasteiger charge is 2.26. The second-order valence-corrected chi connectivity index (χ2v) is 12.3. The molecule has 9 aromatic rings. The topological polar surface area (TPSA) is 52.6 Å².